The van der Waals surface area contributed by atoms with Crippen LogP contribution in [0.4, 0.5) is 5.69 Å². The molecule has 15 heavy (non-hydrogen) atoms. The summed E-state index contributed by atoms with van der Waals surface area (Å²) in [6.45, 7) is 0.256. The topological polar surface area (TPSA) is 55.5 Å². The number of aliphatic hydroxyl groups is 1. The van der Waals surface area contributed by atoms with E-state index in [1.54, 1.807) is 18.9 Å². The van der Waals surface area contributed by atoms with E-state index in [9.17, 15) is 0 Å². The zero-order valence-corrected chi connectivity index (χ0v) is 9.72. The number of methoxy groups -OCH3 is 1. The summed E-state index contributed by atoms with van der Waals surface area (Å²) in [4.78, 5) is 0. The van der Waals surface area contributed by atoms with Gasteiger partial charge in [-0.2, -0.15) is 11.8 Å². The van der Waals surface area contributed by atoms with E-state index in [0.29, 0.717) is 0 Å². The summed E-state index contributed by atoms with van der Waals surface area (Å²) in [7, 11) is 1.65. The minimum atomic E-state index is 0.256. The van der Waals surface area contributed by atoms with Crippen molar-refractivity contribution in [1.82, 2.24) is 0 Å². The second-order valence-corrected chi connectivity index (χ2v) is 4.31. The maximum absolute atomic E-state index is 8.65. The predicted molar refractivity (Wildman–Crippen MR) is 65.3 cm³/mol. The molecule has 0 spiro atoms. The van der Waals surface area contributed by atoms with Gasteiger partial charge in [0.2, 0.25) is 0 Å². The first-order valence-electron chi connectivity index (χ1n) is 4.89. The number of benzene rings is 1. The highest BCUT2D eigenvalue weighted by molar-refractivity contribution is 7.98. The van der Waals surface area contributed by atoms with Crippen molar-refractivity contribution < 1.29 is 9.84 Å². The van der Waals surface area contributed by atoms with E-state index in [4.69, 9.17) is 15.6 Å². The summed E-state index contributed by atoms with van der Waals surface area (Å²) in [6, 6.07) is 5.70. The molecule has 0 saturated carbocycles. The molecule has 0 aliphatic rings. The third-order valence-electron chi connectivity index (χ3n) is 2.02. The Labute approximate surface area is 94.6 Å². The van der Waals surface area contributed by atoms with Crippen LogP contribution in [-0.4, -0.2) is 24.6 Å². The van der Waals surface area contributed by atoms with E-state index < -0.39 is 0 Å². The number of thioether (sulfide) groups is 1. The molecule has 0 aromatic heterocycles. The van der Waals surface area contributed by atoms with Crippen molar-refractivity contribution in [1.29, 1.82) is 0 Å². The second kappa shape index (κ2) is 6.58. The van der Waals surface area contributed by atoms with Crippen molar-refractivity contribution in [2.24, 2.45) is 0 Å². The highest BCUT2D eigenvalue weighted by Crippen LogP contribution is 2.25. The van der Waals surface area contributed by atoms with E-state index in [0.717, 1.165) is 34.9 Å². The quantitative estimate of drug-likeness (QED) is 0.575. The van der Waals surface area contributed by atoms with E-state index in [1.807, 2.05) is 18.2 Å². The molecule has 0 heterocycles. The molecule has 1 rings (SSSR count). The van der Waals surface area contributed by atoms with Gasteiger partial charge in [0, 0.05) is 29.7 Å². The molecule has 3 nitrogen and oxygen atoms in total. The Morgan fingerprint density at radius 1 is 1.47 bits per heavy atom. The monoisotopic (exact) mass is 227 g/mol. The number of ether oxygens (including phenoxy) is 1. The highest BCUT2D eigenvalue weighted by atomic mass is 32.2. The number of anilines is 1. The first-order chi connectivity index (χ1) is 7.27. The zero-order chi connectivity index (χ0) is 11.1. The Kier molecular flexibility index (Phi) is 5.36. The fourth-order valence-electron chi connectivity index (χ4n) is 1.23. The Morgan fingerprint density at radius 2 is 2.27 bits per heavy atom. The molecule has 1 aromatic carbocycles. The first-order valence-corrected chi connectivity index (χ1v) is 6.04. The summed E-state index contributed by atoms with van der Waals surface area (Å²) in [5.74, 6) is 2.69. The summed E-state index contributed by atoms with van der Waals surface area (Å²) in [5.41, 5.74) is 7.53. The van der Waals surface area contributed by atoms with Gasteiger partial charge in [-0.15, -0.1) is 0 Å². The number of hydrogen-bond acceptors (Lipinski definition) is 4. The number of aliphatic hydroxyl groups excluding tert-OH is 1. The number of hydrogen-bond donors (Lipinski definition) is 2. The van der Waals surface area contributed by atoms with Crippen molar-refractivity contribution in [3.63, 3.8) is 0 Å². The molecule has 0 atom stereocenters. The smallest absolute Gasteiger partial charge is 0.124 e. The van der Waals surface area contributed by atoms with Crippen molar-refractivity contribution in [2.45, 2.75) is 12.2 Å². The Balaban J connectivity index is 2.52. The lowest BCUT2D eigenvalue weighted by Gasteiger charge is -2.08. The lowest BCUT2D eigenvalue weighted by molar-refractivity contribution is 0.296. The highest BCUT2D eigenvalue weighted by Gasteiger charge is 2.02. The van der Waals surface area contributed by atoms with Gasteiger partial charge in [-0.1, -0.05) is 6.07 Å². The van der Waals surface area contributed by atoms with Gasteiger partial charge in [-0.3, -0.25) is 0 Å². The third-order valence-corrected chi connectivity index (χ3v) is 3.11. The minimum Gasteiger partial charge on any atom is -0.496 e. The zero-order valence-electron chi connectivity index (χ0n) is 8.90. The van der Waals surface area contributed by atoms with Crippen LogP contribution in [0.25, 0.3) is 0 Å². The van der Waals surface area contributed by atoms with Crippen LogP contribution in [0.15, 0.2) is 18.2 Å². The van der Waals surface area contributed by atoms with Crippen LogP contribution >= 0.6 is 11.8 Å². The average Bonchev–Trinajstić information content (AvgIpc) is 2.26. The van der Waals surface area contributed by atoms with Crippen LogP contribution < -0.4 is 10.5 Å². The molecule has 0 aliphatic heterocycles. The molecule has 0 unspecified atom stereocenters. The van der Waals surface area contributed by atoms with Gasteiger partial charge in [0.25, 0.3) is 0 Å². The van der Waals surface area contributed by atoms with Crippen molar-refractivity contribution in [2.75, 3.05) is 25.2 Å². The molecule has 84 valence electrons. The van der Waals surface area contributed by atoms with Gasteiger partial charge in [0.15, 0.2) is 0 Å². The summed E-state index contributed by atoms with van der Waals surface area (Å²) in [6.07, 6.45) is 0.835. The van der Waals surface area contributed by atoms with Gasteiger partial charge < -0.3 is 15.6 Å². The van der Waals surface area contributed by atoms with Crippen molar-refractivity contribution in [3.8, 4) is 5.75 Å². The summed E-state index contributed by atoms with van der Waals surface area (Å²) in [5, 5.41) is 8.65. The lowest BCUT2D eigenvalue weighted by Crippen LogP contribution is -1.94. The van der Waals surface area contributed by atoms with Gasteiger partial charge in [-0.25, -0.2) is 0 Å². The Bertz CT molecular complexity index is 305. The molecule has 3 N–H and O–H groups in total. The van der Waals surface area contributed by atoms with E-state index in [1.165, 1.54) is 0 Å². The van der Waals surface area contributed by atoms with E-state index in [-0.39, 0.29) is 6.61 Å². The SMILES string of the molecule is COc1cc(N)ccc1CSCCCO. The summed E-state index contributed by atoms with van der Waals surface area (Å²) < 4.78 is 5.24. The molecule has 0 amide bonds. The molecule has 0 aliphatic carbocycles. The van der Waals surface area contributed by atoms with Crippen LogP contribution in [0.5, 0.6) is 5.75 Å². The van der Waals surface area contributed by atoms with Gasteiger partial charge >= 0.3 is 0 Å². The normalized spacial score (nSPS) is 10.3. The van der Waals surface area contributed by atoms with E-state index in [2.05, 4.69) is 0 Å². The van der Waals surface area contributed by atoms with Gasteiger partial charge in [-0.05, 0) is 18.2 Å². The fourth-order valence-corrected chi connectivity index (χ4v) is 2.17. The van der Waals surface area contributed by atoms with Crippen LogP contribution in [0, 0.1) is 0 Å². The van der Waals surface area contributed by atoms with Gasteiger partial charge in [0.1, 0.15) is 5.75 Å². The van der Waals surface area contributed by atoms with E-state index >= 15 is 0 Å². The van der Waals surface area contributed by atoms with Crippen molar-refractivity contribution >= 4 is 17.4 Å². The van der Waals surface area contributed by atoms with Crippen LogP contribution in [0.1, 0.15) is 12.0 Å². The lowest BCUT2D eigenvalue weighted by atomic mass is 10.2. The molecule has 0 radical (unpaired) electrons. The summed E-state index contributed by atoms with van der Waals surface area (Å²) >= 11 is 1.79. The van der Waals surface area contributed by atoms with Crippen LogP contribution in [-0.2, 0) is 5.75 Å². The molecular formula is C11H17NO2S. The van der Waals surface area contributed by atoms with Crippen LogP contribution in [0.3, 0.4) is 0 Å². The van der Waals surface area contributed by atoms with Gasteiger partial charge in [0.05, 0.1) is 7.11 Å². The largest absolute Gasteiger partial charge is 0.496 e. The molecule has 0 fully saturated rings. The minimum absolute atomic E-state index is 0.256. The molecule has 4 heteroatoms. The number of nitrogen functional groups attached to an aromatic ring is 1. The first kappa shape index (κ1) is 12.2. The Hall–Kier alpha value is -0.870. The predicted octanol–water partition coefficient (Wildman–Crippen LogP) is 1.89. The second-order valence-electron chi connectivity index (χ2n) is 3.20. The van der Waals surface area contributed by atoms with Crippen LogP contribution in [0.2, 0.25) is 0 Å². The maximum Gasteiger partial charge on any atom is 0.124 e. The molecule has 0 bridgehead atoms. The molecule has 0 saturated heterocycles. The standard InChI is InChI=1S/C11H17NO2S/c1-14-11-7-10(12)4-3-9(11)8-15-6-2-5-13/h3-4,7,13H,2,5-6,8,12H2,1H3. The average molecular weight is 227 g/mol. The number of nitrogens with two attached hydrogens (primary N) is 1. The fraction of sp³-hybridized carbons (Fsp3) is 0.455. The molecule has 1 aromatic rings. The van der Waals surface area contributed by atoms with Crippen molar-refractivity contribution in [3.05, 3.63) is 23.8 Å². The molecular weight excluding hydrogens is 210 g/mol. The Morgan fingerprint density at radius 3 is 2.93 bits per heavy atom. The number of rotatable bonds is 6. The third kappa shape index (κ3) is 4.01. The maximum atomic E-state index is 8.65.